The average Bonchev–Trinajstić information content (AvgIpc) is 2.54. The molecule has 0 saturated heterocycles. The minimum absolute atomic E-state index is 0.111. The molecule has 0 aliphatic heterocycles. The Bertz CT molecular complexity index is 840. The van der Waals surface area contributed by atoms with Crippen LogP contribution in [0, 0.1) is 29.4 Å². The molecule has 8 nitrogen and oxygen atoms in total. The van der Waals surface area contributed by atoms with Crippen molar-refractivity contribution in [2.45, 2.75) is 13.8 Å². The number of aryl methyl sites for hydroxylation is 2. The van der Waals surface area contributed by atoms with Gasteiger partial charge in [0.15, 0.2) is 10.7 Å². The molecule has 0 unspecified atom stereocenters. The van der Waals surface area contributed by atoms with Gasteiger partial charge in [-0.25, -0.2) is 0 Å². The van der Waals surface area contributed by atoms with Gasteiger partial charge >= 0.3 is 5.69 Å². The van der Waals surface area contributed by atoms with Gasteiger partial charge in [-0.2, -0.15) is 0 Å². The van der Waals surface area contributed by atoms with Crippen molar-refractivity contribution in [1.82, 2.24) is 0 Å². The molecular weight excluding hydrogens is 298 g/mol. The van der Waals surface area contributed by atoms with E-state index in [0.717, 1.165) is 5.56 Å². The fourth-order valence-corrected chi connectivity index (χ4v) is 1.98. The highest BCUT2D eigenvalue weighted by molar-refractivity contribution is 5.66. The van der Waals surface area contributed by atoms with Crippen molar-refractivity contribution in [3.8, 4) is 5.75 Å². The fourth-order valence-electron chi connectivity index (χ4n) is 1.98. The quantitative estimate of drug-likeness (QED) is 0.338. The Balaban J connectivity index is 2.46. The van der Waals surface area contributed by atoms with Crippen molar-refractivity contribution in [3.05, 3.63) is 56.5 Å². The monoisotopic (exact) mass is 312 g/mol. The van der Waals surface area contributed by atoms with Crippen molar-refractivity contribution >= 4 is 22.7 Å². The molecule has 2 aromatic rings. The standard InChI is InChI=1S/C15H14N5O3/c1-9-4-5-11(14(6-9)20(21)22)18-19-12-8-15(23-3)13(17-16)7-10(12)2/h4-8H,1-3H3/q+1. The summed E-state index contributed by atoms with van der Waals surface area (Å²) < 4.78 is 5.10. The van der Waals surface area contributed by atoms with E-state index in [2.05, 4.69) is 15.2 Å². The molecule has 0 radical (unpaired) electrons. The number of nitro groups is 1. The van der Waals surface area contributed by atoms with Crippen molar-refractivity contribution in [2.75, 3.05) is 7.11 Å². The normalized spacial score (nSPS) is 10.5. The van der Waals surface area contributed by atoms with Crippen molar-refractivity contribution in [3.63, 3.8) is 0 Å². The number of methoxy groups -OCH3 is 1. The molecule has 0 aliphatic rings. The Hall–Kier alpha value is -3.34. The molecule has 2 rings (SSSR count). The highest BCUT2D eigenvalue weighted by Crippen LogP contribution is 2.36. The lowest BCUT2D eigenvalue weighted by atomic mass is 10.1. The van der Waals surface area contributed by atoms with Gasteiger partial charge in [0.2, 0.25) is 11.1 Å². The minimum Gasteiger partial charge on any atom is -0.489 e. The number of benzene rings is 2. The Morgan fingerprint density at radius 1 is 1.17 bits per heavy atom. The first kappa shape index (κ1) is 16.0. The first-order valence-electron chi connectivity index (χ1n) is 6.66. The first-order valence-corrected chi connectivity index (χ1v) is 6.66. The predicted octanol–water partition coefficient (Wildman–Crippen LogP) is 5.12. The largest absolute Gasteiger partial charge is 0.489 e. The van der Waals surface area contributed by atoms with Crippen LogP contribution >= 0.6 is 0 Å². The lowest BCUT2D eigenvalue weighted by molar-refractivity contribution is -0.384. The van der Waals surface area contributed by atoms with E-state index in [1.165, 1.54) is 13.2 Å². The summed E-state index contributed by atoms with van der Waals surface area (Å²) >= 11 is 0. The van der Waals surface area contributed by atoms with Gasteiger partial charge < -0.3 is 4.74 Å². The third-order valence-electron chi connectivity index (χ3n) is 3.20. The summed E-state index contributed by atoms with van der Waals surface area (Å²) in [6.07, 6.45) is 0. The van der Waals surface area contributed by atoms with Gasteiger partial charge in [0, 0.05) is 18.2 Å². The van der Waals surface area contributed by atoms with Gasteiger partial charge in [-0.05, 0) is 31.0 Å². The zero-order chi connectivity index (χ0) is 17.0. The van der Waals surface area contributed by atoms with Gasteiger partial charge in [-0.3, -0.25) is 10.1 Å². The second kappa shape index (κ2) is 6.62. The smallest absolute Gasteiger partial charge is 0.426 e. The van der Waals surface area contributed by atoms with Crippen molar-refractivity contribution < 1.29 is 9.66 Å². The van der Waals surface area contributed by atoms with E-state index in [9.17, 15) is 10.1 Å². The zero-order valence-corrected chi connectivity index (χ0v) is 12.8. The van der Waals surface area contributed by atoms with Crippen molar-refractivity contribution in [1.29, 1.82) is 5.39 Å². The summed E-state index contributed by atoms with van der Waals surface area (Å²) in [5.74, 6) is 0.324. The maximum atomic E-state index is 11.1. The summed E-state index contributed by atoms with van der Waals surface area (Å²) in [6, 6.07) is 7.84. The Morgan fingerprint density at radius 3 is 2.48 bits per heavy atom. The predicted molar refractivity (Wildman–Crippen MR) is 84.5 cm³/mol. The number of azo groups is 1. The molecule has 2 aromatic carbocycles. The molecule has 0 heterocycles. The molecule has 0 atom stereocenters. The molecule has 0 fully saturated rings. The fraction of sp³-hybridized carbons (Fsp3) is 0.200. The number of hydrogen-bond acceptors (Lipinski definition) is 6. The van der Waals surface area contributed by atoms with Crippen LogP contribution in [0.3, 0.4) is 0 Å². The van der Waals surface area contributed by atoms with Crippen molar-refractivity contribution in [2.24, 2.45) is 10.2 Å². The van der Waals surface area contributed by atoms with E-state index >= 15 is 0 Å². The molecule has 0 amide bonds. The SMILES string of the molecule is COc1cc(N=Nc2ccc(C)cc2[N+](=O)[O-])c(C)cc1[N+]#N. The maximum absolute atomic E-state index is 11.1. The van der Waals surface area contributed by atoms with Gasteiger partial charge in [-0.15, -0.1) is 10.2 Å². The number of ether oxygens (including phenoxy) is 1. The second-order valence-corrected chi connectivity index (χ2v) is 4.86. The van der Waals surface area contributed by atoms with Crippen LogP contribution in [0.5, 0.6) is 5.75 Å². The highest BCUT2D eigenvalue weighted by Gasteiger charge is 2.18. The molecule has 8 heteroatoms. The van der Waals surface area contributed by atoms with Crippen LogP contribution in [0.15, 0.2) is 40.6 Å². The van der Waals surface area contributed by atoms with Gasteiger partial charge in [-0.1, -0.05) is 6.07 Å². The lowest BCUT2D eigenvalue weighted by Gasteiger charge is -2.01. The van der Waals surface area contributed by atoms with E-state index < -0.39 is 4.92 Å². The highest BCUT2D eigenvalue weighted by atomic mass is 16.6. The lowest BCUT2D eigenvalue weighted by Crippen LogP contribution is -1.89. The van der Waals surface area contributed by atoms with Gasteiger partial charge in [0.05, 0.1) is 17.7 Å². The minimum atomic E-state index is -0.497. The zero-order valence-electron chi connectivity index (χ0n) is 12.8. The first-order chi connectivity index (χ1) is 11.0. The average molecular weight is 312 g/mol. The maximum Gasteiger partial charge on any atom is 0.426 e. The molecular formula is C15H14N5O3+. The number of nitrogens with zero attached hydrogens (tertiary/aromatic N) is 5. The number of rotatable bonds is 4. The molecule has 23 heavy (non-hydrogen) atoms. The van der Waals surface area contributed by atoms with Gasteiger partial charge in [0.25, 0.3) is 5.69 Å². The van der Waals surface area contributed by atoms with Crippen LogP contribution in [-0.4, -0.2) is 12.0 Å². The van der Waals surface area contributed by atoms with Crippen LogP contribution in [0.4, 0.5) is 22.7 Å². The molecule has 0 aromatic heterocycles. The Morgan fingerprint density at radius 2 is 1.87 bits per heavy atom. The molecule has 0 saturated carbocycles. The van der Waals surface area contributed by atoms with Crippen LogP contribution in [0.2, 0.25) is 0 Å². The van der Waals surface area contributed by atoms with Crippen LogP contribution in [0.25, 0.3) is 4.98 Å². The van der Waals surface area contributed by atoms with Gasteiger partial charge in [0.1, 0.15) is 0 Å². The Labute approximate surface area is 132 Å². The summed E-state index contributed by atoms with van der Waals surface area (Å²) in [5, 5.41) is 28.0. The number of nitro benzene ring substituents is 1. The van der Waals surface area contributed by atoms with Crippen LogP contribution < -0.4 is 4.74 Å². The second-order valence-electron chi connectivity index (χ2n) is 4.86. The summed E-state index contributed by atoms with van der Waals surface area (Å²) in [5.41, 5.74) is 2.24. The topological polar surface area (TPSA) is 105 Å². The number of diazo groups is 1. The summed E-state index contributed by atoms with van der Waals surface area (Å²) in [7, 11) is 1.44. The van der Waals surface area contributed by atoms with E-state index in [1.807, 2.05) is 0 Å². The molecule has 0 aliphatic carbocycles. The van der Waals surface area contributed by atoms with E-state index in [0.29, 0.717) is 17.0 Å². The van der Waals surface area contributed by atoms with Crippen LogP contribution in [-0.2, 0) is 0 Å². The Kier molecular flexibility index (Phi) is 4.61. The van der Waals surface area contributed by atoms with E-state index in [-0.39, 0.29) is 17.1 Å². The summed E-state index contributed by atoms with van der Waals surface area (Å²) in [6.45, 7) is 3.52. The third kappa shape index (κ3) is 3.47. The van der Waals surface area contributed by atoms with Crippen LogP contribution in [0.1, 0.15) is 11.1 Å². The third-order valence-corrected chi connectivity index (χ3v) is 3.20. The summed E-state index contributed by atoms with van der Waals surface area (Å²) in [4.78, 5) is 13.7. The molecule has 0 bridgehead atoms. The molecule has 116 valence electrons. The number of hydrogen-bond donors (Lipinski definition) is 0. The molecule has 0 spiro atoms. The molecule has 0 N–H and O–H groups in total. The van der Waals surface area contributed by atoms with E-state index in [4.69, 9.17) is 10.1 Å². The van der Waals surface area contributed by atoms with E-state index in [1.54, 1.807) is 38.1 Å².